The summed E-state index contributed by atoms with van der Waals surface area (Å²) in [6.45, 7) is 7.47. The quantitative estimate of drug-likeness (QED) is 0.707. The molecule has 0 saturated heterocycles. The standard InChI is InChI=1S/C15H28O2/c1-5-6-7-15(16)14-9-11(2)8-13(10-17-4)12(14)3/h11-14H,5-10H2,1-4H3. The van der Waals surface area contributed by atoms with Crippen molar-refractivity contribution in [2.75, 3.05) is 13.7 Å². The Morgan fingerprint density at radius 1 is 1.29 bits per heavy atom. The Balaban J connectivity index is 2.59. The maximum absolute atomic E-state index is 12.2. The molecular weight excluding hydrogens is 212 g/mol. The van der Waals surface area contributed by atoms with Gasteiger partial charge in [-0.05, 0) is 37.0 Å². The van der Waals surface area contributed by atoms with E-state index >= 15 is 0 Å². The molecule has 0 N–H and O–H groups in total. The van der Waals surface area contributed by atoms with Crippen LogP contribution in [0.25, 0.3) is 0 Å². The van der Waals surface area contributed by atoms with Crippen molar-refractivity contribution in [3.63, 3.8) is 0 Å². The molecule has 0 amide bonds. The van der Waals surface area contributed by atoms with Gasteiger partial charge in [0.25, 0.3) is 0 Å². The third-order valence-corrected chi connectivity index (χ3v) is 4.31. The summed E-state index contributed by atoms with van der Waals surface area (Å²) >= 11 is 0. The minimum Gasteiger partial charge on any atom is -0.384 e. The van der Waals surface area contributed by atoms with Crippen molar-refractivity contribution in [3.8, 4) is 0 Å². The lowest BCUT2D eigenvalue weighted by atomic mass is 9.67. The summed E-state index contributed by atoms with van der Waals surface area (Å²) in [5.41, 5.74) is 0. The fourth-order valence-corrected chi connectivity index (χ4v) is 3.20. The van der Waals surface area contributed by atoms with Gasteiger partial charge in [-0.3, -0.25) is 4.79 Å². The lowest BCUT2D eigenvalue weighted by Gasteiger charge is -2.38. The number of ketones is 1. The fraction of sp³-hybridized carbons (Fsp3) is 0.933. The molecule has 0 radical (unpaired) electrons. The summed E-state index contributed by atoms with van der Waals surface area (Å²) in [5.74, 6) is 2.51. The molecular formula is C15H28O2. The van der Waals surface area contributed by atoms with Gasteiger partial charge in [0.05, 0.1) is 0 Å². The monoisotopic (exact) mass is 240 g/mol. The normalized spacial score (nSPS) is 33.6. The average molecular weight is 240 g/mol. The van der Waals surface area contributed by atoms with Crippen molar-refractivity contribution in [2.24, 2.45) is 23.7 Å². The first kappa shape index (κ1) is 14.7. The molecule has 1 rings (SSSR count). The first-order valence-electron chi connectivity index (χ1n) is 7.11. The molecule has 2 nitrogen and oxygen atoms in total. The fourth-order valence-electron chi connectivity index (χ4n) is 3.20. The van der Waals surface area contributed by atoms with Gasteiger partial charge in [-0.2, -0.15) is 0 Å². The summed E-state index contributed by atoms with van der Waals surface area (Å²) in [4.78, 5) is 12.2. The molecule has 100 valence electrons. The number of ether oxygens (including phenoxy) is 1. The Morgan fingerprint density at radius 2 is 2.00 bits per heavy atom. The van der Waals surface area contributed by atoms with Gasteiger partial charge in [0, 0.05) is 26.1 Å². The zero-order valence-corrected chi connectivity index (χ0v) is 11.9. The highest BCUT2D eigenvalue weighted by Crippen LogP contribution is 2.39. The van der Waals surface area contributed by atoms with Gasteiger partial charge in [-0.1, -0.05) is 27.2 Å². The van der Waals surface area contributed by atoms with Crippen molar-refractivity contribution in [2.45, 2.75) is 52.9 Å². The highest BCUT2D eigenvalue weighted by atomic mass is 16.5. The lowest BCUT2D eigenvalue weighted by Crippen LogP contribution is -2.36. The van der Waals surface area contributed by atoms with Gasteiger partial charge in [0.1, 0.15) is 5.78 Å². The van der Waals surface area contributed by atoms with Gasteiger partial charge < -0.3 is 4.74 Å². The van der Waals surface area contributed by atoms with Gasteiger partial charge in [0.2, 0.25) is 0 Å². The van der Waals surface area contributed by atoms with Gasteiger partial charge in [0.15, 0.2) is 0 Å². The predicted octanol–water partition coefficient (Wildman–Crippen LogP) is 3.69. The Hall–Kier alpha value is -0.370. The number of hydrogen-bond acceptors (Lipinski definition) is 2. The lowest BCUT2D eigenvalue weighted by molar-refractivity contribution is -0.127. The van der Waals surface area contributed by atoms with E-state index in [1.165, 1.54) is 6.42 Å². The minimum atomic E-state index is 0.283. The van der Waals surface area contributed by atoms with Crippen molar-refractivity contribution in [1.82, 2.24) is 0 Å². The van der Waals surface area contributed by atoms with E-state index in [1.807, 2.05) is 0 Å². The van der Waals surface area contributed by atoms with Crippen LogP contribution in [-0.2, 0) is 9.53 Å². The van der Waals surface area contributed by atoms with Crippen LogP contribution in [0.5, 0.6) is 0 Å². The van der Waals surface area contributed by atoms with Crippen molar-refractivity contribution >= 4 is 5.78 Å². The number of methoxy groups -OCH3 is 1. The largest absolute Gasteiger partial charge is 0.384 e. The Kier molecular flexibility index (Phi) is 6.18. The van der Waals surface area contributed by atoms with E-state index in [1.54, 1.807) is 7.11 Å². The molecule has 1 aliphatic carbocycles. The van der Waals surface area contributed by atoms with Crippen LogP contribution in [0.1, 0.15) is 52.9 Å². The third-order valence-electron chi connectivity index (χ3n) is 4.31. The van der Waals surface area contributed by atoms with Crippen molar-refractivity contribution in [1.29, 1.82) is 0 Å². The van der Waals surface area contributed by atoms with Crippen LogP contribution in [0.2, 0.25) is 0 Å². The molecule has 4 atom stereocenters. The summed E-state index contributed by atoms with van der Waals surface area (Å²) in [5, 5.41) is 0. The topological polar surface area (TPSA) is 26.3 Å². The molecule has 1 aliphatic rings. The summed E-state index contributed by atoms with van der Waals surface area (Å²) in [7, 11) is 1.76. The molecule has 17 heavy (non-hydrogen) atoms. The number of unbranched alkanes of at least 4 members (excludes halogenated alkanes) is 1. The van der Waals surface area contributed by atoms with Crippen LogP contribution in [0.15, 0.2) is 0 Å². The molecule has 1 fully saturated rings. The van der Waals surface area contributed by atoms with Crippen LogP contribution in [0, 0.1) is 23.7 Å². The highest BCUT2D eigenvalue weighted by Gasteiger charge is 2.36. The summed E-state index contributed by atoms with van der Waals surface area (Å²) < 4.78 is 5.30. The van der Waals surface area contributed by atoms with Crippen LogP contribution >= 0.6 is 0 Å². The highest BCUT2D eigenvalue weighted by molar-refractivity contribution is 5.81. The molecule has 0 heterocycles. The second-order valence-electron chi connectivity index (χ2n) is 5.83. The maximum Gasteiger partial charge on any atom is 0.136 e. The molecule has 0 aliphatic heterocycles. The number of hydrogen-bond donors (Lipinski definition) is 0. The van der Waals surface area contributed by atoms with Gasteiger partial charge >= 0.3 is 0 Å². The molecule has 4 unspecified atom stereocenters. The number of Topliss-reactive ketones (excluding diaryl/α,β-unsaturated/α-hetero) is 1. The maximum atomic E-state index is 12.2. The van der Waals surface area contributed by atoms with E-state index in [9.17, 15) is 4.79 Å². The Labute approximate surface area is 106 Å². The summed E-state index contributed by atoms with van der Waals surface area (Å²) in [6, 6.07) is 0. The number of carbonyl (C=O) groups is 1. The first-order valence-corrected chi connectivity index (χ1v) is 7.11. The molecule has 0 aromatic carbocycles. The molecule has 2 heteroatoms. The predicted molar refractivity (Wildman–Crippen MR) is 71.0 cm³/mol. The molecule has 0 aromatic rings. The van der Waals surface area contributed by atoms with Crippen LogP contribution in [0.4, 0.5) is 0 Å². The van der Waals surface area contributed by atoms with Gasteiger partial charge in [-0.25, -0.2) is 0 Å². The Morgan fingerprint density at radius 3 is 2.59 bits per heavy atom. The summed E-state index contributed by atoms with van der Waals surface area (Å²) in [6.07, 6.45) is 5.24. The second kappa shape index (κ2) is 7.15. The number of rotatable bonds is 6. The minimum absolute atomic E-state index is 0.283. The van der Waals surface area contributed by atoms with Crippen LogP contribution < -0.4 is 0 Å². The van der Waals surface area contributed by atoms with E-state index < -0.39 is 0 Å². The second-order valence-corrected chi connectivity index (χ2v) is 5.83. The molecule has 0 aromatic heterocycles. The Bertz CT molecular complexity index is 237. The van der Waals surface area contributed by atoms with E-state index in [0.717, 1.165) is 32.3 Å². The molecule has 0 spiro atoms. The SMILES string of the molecule is CCCCC(=O)C1CC(C)CC(COC)C1C. The average Bonchev–Trinajstić information content (AvgIpc) is 2.30. The van der Waals surface area contributed by atoms with E-state index in [0.29, 0.717) is 23.5 Å². The number of carbonyl (C=O) groups excluding carboxylic acids is 1. The smallest absolute Gasteiger partial charge is 0.136 e. The first-order chi connectivity index (χ1) is 8.10. The zero-order chi connectivity index (χ0) is 12.8. The van der Waals surface area contributed by atoms with Crippen molar-refractivity contribution < 1.29 is 9.53 Å². The van der Waals surface area contributed by atoms with Crippen LogP contribution in [0.3, 0.4) is 0 Å². The van der Waals surface area contributed by atoms with Gasteiger partial charge in [-0.15, -0.1) is 0 Å². The molecule has 1 saturated carbocycles. The van der Waals surface area contributed by atoms with E-state index in [4.69, 9.17) is 4.74 Å². The van der Waals surface area contributed by atoms with E-state index in [2.05, 4.69) is 20.8 Å². The molecule has 0 bridgehead atoms. The zero-order valence-electron chi connectivity index (χ0n) is 11.9. The van der Waals surface area contributed by atoms with Crippen molar-refractivity contribution in [3.05, 3.63) is 0 Å². The van der Waals surface area contributed by atoms with Crippen LogP contribution in [-0.4, -0.2) is 19.5 Å². The third kappa shape index (κ3) is 4.09. The van der Waals surface area contributed by atoms with E-state index in [-0.39, 0.29) is 5.92 Å².